The van der Waals surface area contributed by atoms with Gasteiger partial charge in [-0.15, -0.1) is 0 Å². The van der Waals surface area contributed by atoms with E-state index in [9.17, 15) is 13.2 Å². The molecule has 1 fully saturated rings. The molecule has 18 heavy (non-hydrogen) atoms. The van der Waals surface area contributed by atoms with Crippen LogP contribution in [0.2, 0.25) is 0 Å². The Morgan fingerprint density at radius 1 is 1.17 bits per heavy atom. The van der Waals surface area contributed by atoms with Gasteiger partial charge in [0.05, 0.1) is 4.90 Å². The zero-order valence-corrected chi connectivity index (χ0v) is 11.6. The van der Waals surface area contributed by atoms with E-state index < -0.39 is 10.0 Å². The molecule has 0 bridgehead atoms. The number of carbonyl (C=O) groups excluding carboxylic acids is 1. The Morgan fingerprint density at radius 2 is 1.72 bits per heavy atom. The molecule has 1 aromatic carbocycles. The SMILES string of the molecule is Cc1ccc(S(=O)(=O)N2C(=O)C[C@@H](C)[C@@H]2C)cc1. The minimum absolute atomic E-state index is 0.0673. The first-order chi connectivity index (χ1) is 8.34. The van der Waals surface area contributed by atoms with Gasteiger partial charge < -0.3 is 0 Å². The van der Waals surface area contributed by atoms with Gasteiger partial charge in [0.15, 0.2) is 0 Å². The third-order valence-electron chi connectivity index (χ3n) is 3.51. The summed E-state index contributed by atoms with van der Waals surface area (Å²) in [5.41, 5.74) is 0.989. The van der Waals surface area contributed by atoms with Crippen molar-refractivity contribution in [3.8, 4) is 0 Å². The second kappa shape index (κ2) is 4.39. The maximum atomic E-state index is 12.4. The molecule has 2 rings (SSSR count). The van der Waals surface area contributed by atoms with Gasteiger partial charge in [-0.05, 0) is 31.9 Å². The Hall–Kier alpha value is -1.36. The fourth-order valence-corrected chi connectivity index (χ4v) is 3.87. The molecule has 1 aromatic rings. The van der Waals surface area contributed by atoms with Gasteiger partial charge in [0.25, 0.3) is 10.0 Å². The van der Waals surface area contributed by atoms with Crippen molar-refractivity contribution in [2.75, 3.05) is 0 Å². The molecular formula is C13H17NO3S. The first-order valence-corrected chi connectivity index (χ1v) is 7.42. The Bertz CT molecular complexity index is 562. The molecule has 2 atom stereocenters. The lowest BCUT2D eigenvalue weighted by Gasteiger charge is -2.23. The summed E-state index contributed by atoms with van der Waals surface area (Å²) in [4.78, 5) is 12.0. The highest BCUT2D eigenvalue weighted by atomic mass is 32.2. The average Bonchev–Trinajstić information content (AvgIpc) is 2.54. The van der Waals surface area contributed by atoms with Crippen molar-refractivity contribution in [3.63, 3.8) is 0 Å². The number of benzene rings is 1. The molecule has 4 nitrogen and oxygen atoms in total. The van der Waals surface area contributed by atoms with Crippen LogP contribution in [0.15, 0.2) is 29.2 Å². The highest BCUT2D eigenvalue weighted by molar-refractivity contribution is 7.89. The van der Waals surface area contributed by atoms with E-state index in [2.05, 4.69) is 0 Å². The van der Waals surface area contributed by atoms with Gasteiger partial charge in [-0.1, -0.05) is 24.6 Å². The van der Waals surface area contributed by atoms with E-state index >= 15 is 0 Å². The molecule has 1 aliphatic heterocycles. The Labute approximate surface area is 108 Å². The average molecular weight is 267 g/mol. The summed E-state index contributed by atoms with van der Waals surface area (Å²) in [7, 11) is -3.70. The molecule has 0 spiro atoms. The summed E-state index contributed by atoms with van der Waals surface area (Å²) in [5.74, 6) is -0.242. The summed E-state index contributed by atoms with van der Waals surface area (Å²) in [5, 5.41) is 0. The Kier molecular flexibility index (Phi) is 3.19. The van der Waals surface area contributed by atoms with E-state index in [1.807, 2.05) is 13.8 Å². The van der Waals surface area contributed by atoms with E-state index in [4.69, 9.17) is 0 Å². The van der Waals surface area contributed by atoms with E-state index in [1.165, 1.54) is 0 Å². The molecule has 0 aliphatic carbocycles. The van der Waals surface area contributed by atoms with Crippen LogP contribution in [0.25, 0.3) is 0 Å². The molecule has 0 saturated carbocycles. The van der Waals surface area contributed by atoms with Crippen molar-refractivity contribution in [1.82, 2.24) is 4.31 Å². The molecule has 5 heteroatoms. The number of nitrogens with zero attached hydrogens (tertiary/aromatic N) is 1. The van der Waals surface area contributed by atoms with E-state index in [-0.39, 0.29) is 22.8 Å². The number of rotatable bonds is 2. The van der Waals surface area contributed by atoms with Crippen molar-refractivity contribution in [2.24, 2.45) is 5.92 Å². The highest BCUT2D eigenvalue weighted by Gasteiger charge is 2.42. The minimum atomic E-state index is -3.70. The van der Waals surface area contributed by atoms with Gasteiger partial charge in [0.2, 0.25) is 5.91 Å². The van der Waals surface area contributed by atoms with E-state index in [0.717, 1.165) is 9.87 Å². The van der Waals surface area contributed by atoms with Crippen LogP contribution < -0.4 is 0 Å². The van der Waals surface area contributed by atoms with Crippen LogP contribution in [0.5, 0.6) is 0 Å². The van der Waals surface area contributed by atoms with Crippen LogP contribution in [0, 0.1) is 12.8 Å². The first kappa shape index (κ1) is 13.1. The van der Waals surface area contributed by atoms with E-state index in [0.29, 0.717) is 6.42 Å². The largest absolute Gasteiger partial charge is 0.274 e. The molecule has 0 aromatic heterocycles. The Morgan fingerprint density at radius 3 is 2.17 bits per heavy atom. The van der Waals surface area contributed by atoms with Crippen LogP contribution in [-0.4, -0.2) is 24.7 Å². The molecule has 1 aliphatic rings. The summed E-state index contributed by atoms with van der Waals surface area (Å²) in [6.45, 7) is 5.57. The van der Waals surface area contributed by atoms with Gasteiger partial charge in [-0.25, -0.2) is 12.7 Å². The topological polar surface area (TPSA) is 54.5 Å². The van der Waals surface area contributed by atoms with Gasteiger partial charge in [-0.3, -0.25) is 4.79 Å². The standard InChI is InChI=1S/C13H17NO3S/c1-9-4-6-12(7-5-9)18(16,17)14-11(3)10(2)8-13(14)15/h4-7,10-11H,8H2,1-3H3/t10-,11+/m1/s1. The van der Waals surface area contributed by atoms with Gasteiger partial charge in [0, 0.05) is 12.5 Å². The minimum Gasteiger partial charge on any atom is -0.274 e. The molecule has 0 N–H and O–H groups in total. The first-order valence-electron chi connectivity index (χ1n) is 5.98. The number of sulfonamides is 1. The number of amides is 1. The number of aryl methyl sites for hydroxylation is 1. The predicted molar refractivity (Wildman–Crippen MR) is 68.5 cm³/mol. The zero-order chi connectivity index (χ0) is 13.5. The molecule has 1 amide bonds. The van der Waals surface area contributed by atoms with Gasteiger partial charge >= 0.3 is 0 Å². The quantitative estimate of drug-likeness (QED) is 0.823. The summed E-state index contributed by atoms with van der Waals surface area (Å²) in [6, 6.07) is 6.30. The summed E-state index contributed by atoms with van der Waals surface area (Å²) in [6.07, 6.45) is 0.298. The second-order valence-corrected chi connectivity index (χ2v) is 6.74. The molecular weight excluding hydrogens is 250 g/mol. The van der Waals surface area contributed by atoms with Crippen LogP contribution >= 0.6 is 0 Å². The van der Waals surface area contributed by atoms with Crippen molar-refractivity contribution in [1.29, 1.82) is 0 Å². The van der Waals surface area contributed by atoms with Crippen molar-refractivity contribution >= 4 is 15.9 Å². The lowest BCUT2D eigenvalue weighted by atomic mass is 10.1. The monoisotopic (exact) mass is 267 g/mol. The van der Waals surface area contributed by atoms with Gasteiger partial charge in [0.1, 0.15) is 0 Å². The molecule has 0 radical (unpaired) electrons. The van der Waals surface area contributed by atoms with Crippen molar-refractivity contribution in [2.45, 2.75) is 38.1 Å². The molecule has 98 valence electrons. The fraction of sp³-hybridized carbons (Fsp3) is 0.462. The van der Waals surface area contributed by atoms with Crippen LogP contribution in [0.1, 0.15) is 25.8 Å². The predicted octanol–water partition coefficient (Wildman–Crippen LogP) is 1.94. The van der Waals surface area contributed by atoms with Gasteiger partial charge in [-0.2, -0.15) is 0 Å². The smallest absolute Gasteiger partial charge is 0.266 e. The normalized spacial score (nSPS) is 24.6. The van der Waals surface area contributed by atoms with Crippen molar-refractivity contribution in [3.05, 3.63) is 29.8 Å². The fourth-order valence-electron chi connectivity index (χ4n) is 2.17. The third-order valence-corrected chi connectivity index (χ3v) is 5.44. The zero-order valence-electron chi connectivity index (χ0n) is 10.8. The lowest BCUT2D eigenvalue weighted by Crippen LogP contribution is -2.38. The lowest BCUT2D eigenvalue weighted by molar-refractivity contribution is -0.124. The van der Waals surface area contributed by atoms with Crippen LogP contribution in [0.3, 0.4) is 0 Å². The Balaban J connectivity index is 2.43. The summed E-state index contributed by atoms with van der Waals surface area (Å²) >= 11 is 0. The number of carbonyl (C=O) groups is 1. The van der Waals surface area contributed by atoms with Crippen LogP contribution in [0.4, 0.5) is 0 Å². The third kappa shape index (κ3) is 2.03. The van der Waals surface area contributed by atoms with Crippen LogP contribution in [-0.2, 0) is 14.8 Å². The second-order valence-electron chi connectivity index (χ2n) is 4.93. The summed E-state index contributed by atoms with van der Waals surface area (Å²) < 4.78 is 25.9. The maximum Gasteiger partial charge on any atom is 0.266 e. The molecule has 1 saturated heterocycles. The van der Waals surface area contributed by atoms with Crippen molar-refractivity contribution < 1.29 is 13.2 Å². The van der Waals surface area contributed by atoms with E-state index in [1.54, 1.807) is 31.2 Å². The highest BCUT2D eigenvalue weighted by Crippen LogP contribution is 2.30. The molecule has 1 heterocycles. The maximum absolute atomic E-state index is 12.4. The molecule has 0 unspecified atom stereocenters. The number of hydrogen-bond acceptors (Lipinski definition) is 3. The number of hydrogen-bond donors (Lipinski definition) is 0.